The molecular weight excluding hydrogens is 240 g/mol. The minimum absolute atomic E-state index is 0.226. The lowest BCUT2D eigenvalue weighted by Gasteiger charge is -2.00. The molecule has 1 N–H and O–H groups in total. The van der Waals surface area contributed by atoms with E-state index in [4.69, 9.17) is 0 Å². The molecule has 2 aromatic heterocycles. The van der Waals surface area contributed by atoms with Crippen LogP contribution in [0.3, 0.4) is 0 Å². The molecule has 0 unspecified atom stereocenters. The Balaban J connectivity index is 2.05. The van der Waals surface area contributed by atoms with Crippen LogP contribution < -0.4 is 5.32 Å². The van der Waals surface area contributed by atoms with Gasteiger partial charge in [-0.2, -0.15) is 5.10 Å². The number of carbonyl (C=O) groups is 1. The van der Waals surface area contributed by atoms with Gasteiger partial charge in [0.2, 0.25) is 0 Å². The summed E-state index contributed by atoms with van der Waals surface area (Å²) in [5.41, 5.74) is 1.84. The Kier molecular flexibility index (Phi) is 3.28. The third-order valence-electron chi connectivity index (χ3n) is 2.38. The second-order valence-electron chi connectivity index (χ2n) is 3.63. The molecular formula is C10H14N4O2S. The Morgan fingerprint density at radius 1 is 1.59 bits per heavy atom. The van der Waals surface area contributed by atoms with Gasteiger partial charge in [0.05, 0.1) is 23.9 Å². The first-order valence-electron chi connectivity index (χ1n) is 5.22. The van der Waals surface area contributed by atoms with Gasteiger partial charge in [-0.25, -0.2) is 9.67 Å². The van der Waals surface area contributed by atoms with Gasteiger partial charge in [-0.15, -0.1) is 0 Å². The monoisotopic (exact) mass is 254 g/mol. The van der Waals surface area contributed by atoms with E-state index in [1.165, 1.54) is 7.11 Å². The Labute approximate surface area is 103 Å². The molecule has 0 saturated heterocycles. The van der Waals surface area contributed by atoms with E-state index in [0.29, 0.717) is 13.0 Å². The smallest absolute Gasteiger partial charge is 0.307 e. The van der Waals surface area contributed by atoms with Crippen molar-refractivity contribution in [3.8, 4) is 0 Å². The van der Waals surface area contributed by atoms with Crippen LogP contribution in [0.25, 0.3) is 10.3 Å². The summed E-state index contributed by atoms with van der Waals surface area (Å²) in [6.45, 7) is 2.48. The highest BCUT2D eigenvalue weighted by Crippen LogP contribution is 2.27. The fourth-order valence-electron chi connectivity index (χ4n) is 1.53. The summed E-state index contributed by atoms with van der Waals surface area (Å²) in [6.07, 6.45) is 0.337. The predicted octanol–water partition coefficient (Wildman–Crippen LogP) is 1.31. The minimum Gasteiger partial charge on any atom is -0.469 e. The third-order valence-corrected chi connectivity index (χ3v) is 3.49. The van der Waals surface area contributed by atoms with Crippen LogP contribution in [0, 0.1) is 6.92 Å². The van der Waals surface area contributed by atoms with Crippen molar-refractivity contribution in [3.05, 3.63) is 5.69 Å². The van der Waals surface area contributed by atoms with Crippen molar-refractivity contribution in [1.29, 1.82) is 0 Å². The lowest BCUT2D eigenvalue weighted by atomic mass is 10.4. The van der Waals surface area contributed by atoms with Crippen molar-refractivity contribution in [3.63, 3.8) is 0 Å². The molecule has 0 aliphatic heterocycles. The molecule has 0 atom stereocenters. The largest absolute Gasteiger partial charge is 0.469 e. The van der Waals surface area contributed by atoms with Gasteiger partial charge in [-0.3, -0.25) is 4.79 Å². The summed E-state index contributed by atoms with van der Waals surface area (Å²) in [5, 5.41) is 8.19. The molecule has 0 spiro atoms. The maximum atomic E-state index is 10.9. The van der Waals surface area contributed by atoms with Crippen molar-refractivity contribution in [2.45, 2.75) is 13.3 Å². The maximum Gasteiger partial charge on any atom is 0.307 e. The van der Waals surface area contributed by atoms with E-state index in [9.17, 15) is 4.79 Å². The number of rotatable bonds is 4. The highest BCUT2D eigenvalue weighted by Gasteiger charge is 2.11. The van der Waals surface area contributed by atoms with Gasteiger partial charge in [-0.05, 0) is 6.92 Å². The molecule has 6 nitrogen and oxygen atoms in total. The SMILES string of the molecule is COC(=O)CCNc1nc2c(s1)c(C)nn2C. The molecule has 2 rings (SSSR count). The molecule has 0 aliphatic carbocycles. The van der Waals surface area contributed by atoms with E-state index >= 15 is 0 Å². The molecule has 0 saturated carbocycles. The highest BCUT2D eigenvalue weighted by atomic mass is 32.1. The number of hydrogen-bond donors (Lipinski definition) is 1. The normalized spacial score (nSPS) is 10.8. The number of aryl methyl sites for hydroxylation is 2. The van der Waals surface area contributed by atoms with Crippen molar-refractivity contribution >= 4 is 32.8 Å². The topological polar surface area (TPSA) is 69.0 Å². The Bertz CT molecular complexity index is 511. The van der Waals surface area contributed by atoms with Gasteiger partial charge in [-0.1, -0.05) is 11.3 Å². The Morgan fingerprint density at radius 3 is 3.00 bits per heavy atom. The summed E-state index contributed by atoms with van der Waals surface area (Å²) in [6, 6.07) is 0. The number of nitrogens with one attached hydrogen (secondary N) is 1. The van der Waals surface area contributed by atoms with E-state index in [1.807, 2.05) is 14.0 Å². The van der Waals surface area contributed by atoms with Crippen molar-refractivity contribution in [1.82, 2.24) is 14.8 Å². The second kappa shape index (κ2) is 4.70. The molecule has 7 heteroatoms. The van der Waals surface area contributed by atoms with Crippen molar-refractivity contribution < 1.29 is 9.53 Å². The number of fused-ring (bicyclic) bond motifs is 1. The molecule has 0 aliphatic rings. The molecule has 2 aromatic rings. The number of aromatic nitrogens is 3. The predicted molar refractivity (Wildman–Crippen MR) is 66.2 cm³/mol. The van der Waals surface area contributed by atoms with Crippen molar-refractivity contribution in [2.75, 3.05) is 19.0 Å². The maximum absolute atomic E-state index is 10.9. The van der Waals surface area contributed by atoms with Gasteiger partial charge in [0.25, 0.3) is 0 Å². The average Bonchev–Trinajstić information content (AvgIpc) is 2.82. The van der Waals surface area contributed by atoms with Gasteiger partial charge < -0.3 is 10.1 Å². The van der Waals surface area contributed by atoms with Crippen LogP contribution >= 0.6 is 11.3 Å². The van der Waals surface area contributed by atoms with Gasteiger partial charge in [0, 0.05) is 13.6 Å². The fraction of sp³-hybridized carbons (Fsp3) is 0.500. The number of thiazole rings is 1. The van der Waals surface area contributed by atoms with Gasteiger partial charge in [0.1, 0.15) is 0 Å². The van der Waals surface area contributed by atoms with Crippen LogP contribution in [0.2, 0.25) is 0 Å². The van der Waals surface area contributed by atoms with E-state index in [-0.39, 0.29) is 5.97 Å². The first kappa shape index (κ1) is 11.8. The molecule has 0 amide bonds. The molecule has 17 heavy (non-hydrogen) atoms. The summed E-state index contributed by atoms with van der Waals surface area (Å²) >= 11 is 1.55. The quantitative estimate of drug-likeness (QED) is 0.833. The van der Waals surface area contributed by atoms with Crippen LogP contribution in [0.15, 0.2) is 0 Å². The molecule has 0 radical (unpaired) electrons. The van der Waals surface area contributed by atoms with Crippen LogP contribution in [-0.2, 0) is 16.6 Å². The number of anilines is 1. The Hall–Kier alpha value is -1.63. The Morgan fingerprint density at radius 2 is 2.35 bits per heavy atom. The minimum atomic E-state index is -0.226. The van der Waals surface area contributed by atoms with Gasteiger partial charge >= 0.3 is 5.97 Å². The zero-order valence-corrected chi connectivity index (χ0v) is 10.8. The molecule has 0 fully saturated rings. The van der Waals surface area contributed by atoms with Crippen LogP contribution in [0.4, 0.5) is 5.13 Å². The average molecular weight is 254 g/mol. The summed E-state index contributed by atoms with van der Waals surface area (Å²) < 4.78 is 7.39. The van der Waals surface area contributed by atoms with Crippen LogP contribution in [-0.4, -0.2) is 34.4 Å². The number of esters is 1. The van der Waals surface area contributed by atoms with Crippen LogP contribution in [0.1, 0.15) is 12.1 Å². The first-order valence-corrected chi connectivity index (χ1v) is 6.04. The summed E-state index contributed by atoms with van der Waals surface area (Å²) in [7, 11) is 3.25. The zero-order valence-electron chi connectivity index (χ0n) is 9.98. The fourth-order valence-corrected chi connectivity index (χ4v) is 2.49. The summed E-state index contributed by atoms with van der Waals surface area (Å²) in [4.78, 5) is 15.4. The lowest BCUT2D eigenvalue weighted by Crippen LogP contribution is -2.09. The van der Waals surface area contributed by atoms with E-state index in [0.717, 1.165) is 21.2 Å². The van der Waals surface area contributed by atoms with Crippen molar-refractivity contribution in [2.24, 2.45) is 7.05 Å². The van der Waals surface area contributed by atoms with Crippen LogP contribution in [0.5, 0.6) is 0 Å². The third kappa shape index (κ3) is 2.38. The second-order valence-corrected chi connectivity index (χ2v) is 4.63. The molecule has 92 valence electrons. The van der Waals surface area contributed by atoms with E-state index in [1.54, 1.807) is 16.0 Å². The summed E-state index contributed by atoms with van der Waals surface area (Å²) in [5.74, 6) is -0.226. The standard InChI is InChI=1S/C10H14N4O2S/c1-6-8-9(14(2)13-6)12-10(17-8)11-5-4-7(15)16-3/h4-5H2,1-3H3,(H,11,12). The lowest BCUT2D eigenvalue weighted by molar-refractivity contribution is -0.140. The number of nitrogens with zero attached hydrogens (tertiary/aromatic N) is 3. The number of hydrogen-bond acceptors (Lipinski definition) is 6. The number of ether oxygens (including phenoxy) is 1. The van der Waals surface area contributed by atoms with Gasteiger partial charge in [0.15, 0.2) is 10.8 Å². The molecule has 2 heterocycles. The molecule has 0 bridgehead atoms. The number of methoxy groups -OCH3 is 1. The molecule has 0 aromatic carbocycles. The highest BCUT2D eigenvalue weighted by molar-refractivity contribution is 7.22. The zero-order chi connectivity index (χ0) is 12.4. The van der Waals surface area contributed by atoms with E-state index < -0.39 is 0 Å². The number of carbonyl (C=O) groups excluding carboxylic acids is 1. The first-order chi connectivity index (χ1) is 8.11. The van der Waals surface area contributed by atoms with E-state index in [2.05, 4.69) is 20.1 Å².